The minimum absolute atomic E-state index is 0.349. The SMILES string of the molecule is CCCCCCCCOP(=O)(Oc1ccccc1)Oc1ccc(C)cc1. The Bertz CT molecular complexity index is 670. The van der Waals surface area contributed by atoms with Crippen molar-refractivity contribution in [3.63, 3.8) is 0 Å². The van der Waals surface area contributed by atoms with Crippen molar-refractivity contribution in [2.75, 3.05) is 6.61 Å². The van der Waals surface area contributed by atoms with Gasteiger partial charge in [0, 0.05) is 0 Å². The van der Waals surface area contributed by atoms with E-state index in [1.807, 2.05) is 37.3 Å². The van der Waals surface area contributed by atoms with Gasteiger partial charge >= 0.3 is 7.82 Å². The summed E-state index contributed by atoms with van der Waals surface area (Å²) in [5.74, 6) is 0.934. The molecule has 0 radical (unpaired) electrons. The molecule has 0 heterocycles. The Hall–Kier alpha value is -1.77. The van der Waals surface area contributed by atoms with Crippen LogP contribution in [0.4, 0.5) is 0 Å². The highest BCUT2D eigenvalue weighted by molar-refractivity contribution is 7.49. The first kappa shape index (κ1) is 20.5. The van der Waals surface area contributed by atoms with Gasteiger partial charge in [0.25, 0.3) is 0 Å². The average Bonchev–Trinajstić information content (AvgIpc) is 2.64. The van der Waals surface area contributed by atoms with E-state index in [1.54, 1.807) is 24.3 Å². The zero-order chi connectivity index (χ0) is 18.7. The molecule has 2 aromatic carbocycles. The van der Waals surface area contributed by atoms with Crippen molar-refractivity contribution >= 4 is 7.82 Å². The van der Waals surface area contributed by atoms with Crippen molar-refractivity contribution in [2.24, 2.45) is 0 Å². The second-order valence-electron chi connectivity index (χ2n) is 6.36. The van der Waals surface area contributed by atoms with Crippen molar-refractivity contribution in [1.82, 2.24) is 0 Å². The van der Waals surface area contributed by atoms with Gasteiger partial charge in [-0.3, -0.25) is 4.52 Å². The van der Waals surface area contributed by atoms with Crippen molar-refractivity contribution in [3.05, 3.63) is 60.2 Å². The second kappa shape index (κ2) is 11.1. The van der Waals surface area contributed by atoms with Gasteiger partial charge in [0.15, 0.2) is 0 Å². The van der Waals surface area contributed by atoms with Crippen molar-refractivity contribution < 1.29 is 18.1 Å². The quantitative estimate of drug-likeness (QED) is 0.297. The summed E-state index contributed by atoms with van der Waals surface area (Å²) in [6.07, 6.45) is 6.77. The summed E-state index contributed by atoms with van der Waals surface area (Å²) >= 11 is 0. The first-order valence-electron chi connectivity index (χ1n) is 9.37. The van der Waals surface area contributed by atoms with Gasteiger partial charge in [0.2, 0.25) is 0 Å². The Morgan fingerprint density at radius 1 is 0.769 bits per heavy atom. The van der Waals surface area contributed by atoms with Crippen LogP contribution in [0.5, 0.6) is 11.5 Å². The standard InChI is InChI=1S/C21H29O4P/c1-3-4-5-6-7-11-18-23-26(22,24-20-12-9-8-10-13-20)25-21-16-14-19(2)15-17-21/h8-10,12-17H,3-7,11,18H2,1-2H3. The molecule has 0 aromatic heterocycles. The molecule has 2 aromatic rings. The average molecular weight is 376 g/mol. The highest BCUT2D eigenvalue weighted by Gasteiger charge is 2.30. The number of hydrogen-bond acceptors (Lipinski definition) is 4. The van der Waals surface area contributed by atoms with Gasteiger partial charge in [-0.25, -0.2) is 4.57 Å². The Kier molecular flexibility index (Phi) is 8.73. The fourth-order valence-corrected chi connectivity index (χ4v) is 3.72. The Balaban J connectivity index is 1.94. The van der Waals surface area contributed by atoms with Crippen LogP contribution in [0.2, 0.25) is 0 Å². The number of aryl methyl sites for hydroxylation is 1. The topological polar surface area (TPSA) is 44.8 Å². The maximum absolute atomic E-state index is 13.1. The molecular formula is C21H29O4P. The van der Waals surface area contributed by atoms with Crippen molar-refractivity contribution in [3.8, 4) is 11.5 Å². The number of phosphoric ester groups is 1. The predicted molar refractivity (Wildman–Crippen MR) is 106 cm³/mol. The van der Waals surface area contributed by atoms with Crippen LogP contribution in [0.3, 0.4) is 0 Å². The van der Waals surface area contributed by atoms with Crippen LogP contribution in [-0.2, 0) is 9.09 Å². The summed E-state index contributed by atoms with van der Waals surface area (Å²) in [5.41, 5.74) is 1.10. The number of para-hydroxylation sites is 1. The smallest absolute Gasteiger partial charge is 0.395 e. The van der Waals surface area contributed by atoms with Crippen LogP contribution in [0, 0.1) is 6.92 Å². The van der Waals surface area contributed by atoms with Crippen molar-refractivity contribution in [2.45, 2.75) is 52.4 Å². The molecule has 0 aliphatic heterocycles. The van der Waals surface area contributed by atoms with Crippen LogP contribution < -0.4 is 9.05 Å². The summed E-state index contributed by atoms with van der Waals surface area (Å²) in [6, 6.07) is 16.3. The summed E-state index contributed by atoms with van der Waals surface area (Å²) in [5, 5.41) is 0. The number of phosphoric acid groups is 1. The van der Waals surface area contributed by atoms with Crippen LogP contribution in [0.1, 0.15) is 51.0 Å². The van der Waals surface area contributed by atoms with E-state index in [0.29, 0.717) is 18.1 Å². The summed E-state index contributed by atoms with van der Waals surface area (Å²) < 4.78 is 29.9. The molecular weight excluding hydrogens is 347 g/mol. The van der Waals surface area contributed by atoms with E-state index in [-0.39, 0.29) is 0 Å². The molecule has 0 aliphatic carbocycles. The largest absolute Gasteiger partial charge is 0.587 e. The third kappa shape index (κ3) is 7.63. The molecule has 0 saturated heterocycles. The van der Waals surface area contributed by atoms with Crippen LogP contribution in [-0.4, -0.2) is 6.61 Å². The Morgan fingerprint density at radius 2 is 1.35 bits per heavy atom. The van der Waals surface area contributed by atoms with Gasteiger partial charge in [0.05, 0.1) is 6.61 Å². The fourth-order valence-electron chi connectivity index (χ4n) is 2.47. The minimum atomic E-state index is -3.74. The summed E-state index contributed by atoms with van der Waals surface area (Å²) in [7, 11) is -3.74. The Labute approximate surface area is 157 Å². The van der Waals surface area contributed by atoms with E-state index in [0.717, 1.165) is 18.4 Å². The monoisotopic (exact) mass is 376 g/mol. The number of hydrogen-bond donors (Lipinski definition) is 0. The summed E-state index contributed by atoms with van der Waals surface area (Å²) in [4.78, 5) is 0. The van der Waals surface area contributed by atoms with Crippen LogP contribution in [0.15, 0.2) is 54.6 Å². The molecule has 0 saturated carbocycles. The second-order valence-corrected chi connectivity index (χ2v) is 7.87. The summed E-state index contributed by atoms with van der Waals surface area (Å²) in [6.45, 7) is 4.53. The lowest BCUT2D eigenvalue weighted by molar-refractivity contribution is 0.205. The first-order chi connectivity index (χ1) is 12.6. The van der Waals surface area contributed by atoms with E-state index < -0.39 is 7.82 Å². The maximum Gasteiger partial charge on any atom is 0.587 e. The number of rotatable bonds is 12. The maximum atomic E-state index is 13.1. The molecule has 2 rings (SSSR count). The number of unbranched alkanes of at least 4 members (excludes halogenated alkanes) is 5. The zero-order valence-corrected chi connectivity index (χ0v) is 16.6. The lowest BCUT2D eigenvalue weighted by Crippen LogP contribution is -2.06. The fraction of sp³-hybridized carbons (Fsp3) is 0.429. The highest BCUT2D eigenvalue weighted by Crippen LogP contribution is 2.49. The molecule has 0 fully saturated rings. The molecule has 4 nitrogen and oxygen atoms in total. The lowest BCUT2D eigenvalue weighted by atomic mass is 10.1. The van der Waals surface area contributed by atoms with Gasteiger partial charge in [-0.15, -0.1) is 0 Å². The molecule has 0 spiro atoms. The van der Waals surface area contributed by atoms with E-state index in [9.17, 15) is 4.57 Å². The minimum Gasteiger partial charge on any atom is -0.395 e. The molecule has 0 N–H and O–H groups in total. The van der Waals surface area contributed by atoms with Gasteiger partial charge in [-0.05, 0) is 37.6 Å². The van der Waals surface area contributed by atoms with E-state index in [2.05, 4.69) is 6.92 Å². The normalized spacial score (nSPS) is 13.2. The first-order valence-corrected chi connectivity index (χ1v) is 10.8. The van der Waals surface area contributed by atoms with Gasteiger partial charge in [0.1, 0.15) is 11.5 Å². The van der Waals surface area contributed by atoms with Crippen LogP contribution in [0.25, 0.3) is 0 Å². The van der Waals surface area contributed by atoms with E-state index >= 15 is 0 Å². The molecule has 0 aliphatic rings. The molecule has 0 amide bonds. The third-order valence-electron chi connectivity index (χ3n) is 3.95. The van der Waals surface area contributed by atoms with Crippen molar-refractivity contribution in [1.29, 1.82) is 0 Å². The molecule has 1 atom stereocenters. The van der Waals surface area contributed by atoms with E-state index in [4.69, 9.17) is 13.6 Å². The number of benzene rings is 2. The molecule has 142 valence electrons. The molecule has 1 unspecified atom stereocenters. The Morgan fingerprint density at radius 3 is 2.00 bits per heavy atom. The van der Waals surface area contributed by atoms with Gasteiger partial charge in [-0.2, -0.15) is 0 Å². The third-order valence-corrected chi connectivity index (χ3v) is 5.31. The van der Waals surface area contributed by atoms with E-state index in [1.165, 1.54) is 25.7 Å². The lowest BCUT2D eigenvalue weighted by Gasteiger charge is -2.19. The molecule has 26 heavy (non-hydrogen) atoms. The molecule has 5 heteroatoms. The zero-order valence-electron chi connectivity index (χ0n) is 15.7. The van der Waals surface area contributed by atoms with Crippen LogP contribution >= 0.6 is 7.82 Å². The highest BCUT2D eigenvalue weighted by atomic mass is 31.2. The van der Waals surface area contributed by atoms with Gasteiger partial charge in [-0.1, -0.05) is 74.9 Å². The van der Waals surface area contributed by atoms with Gasteiger partial charge < -0.3 is 9.05 Å². The molecule has 0 bridgehead atoms. The predicted octanol–water partition coefficient (Wildman–Crippen LogP) is 6.94.